The molecule has 0 radical (unpaired) electrons. The lowest BCUT2D eigenvalue weighted by atomic mass is 9.75. The summed E-state index contributed by atoms with van der Waals surface area (Å²) in [6.07, 6.45) is 4.73. The molecule has 4 heteroatoms. The Morgan fingerprint density at radius 1 is 1.47 bits per heavy atom. The van der Waals surface area contributed by atoms with Crippen LogP contribution in [-0.2, 0) is 4.79 Å². The average molecular weight is 239 g/mol. The van der Waals surface area contributed by atoms with Crippen molar-refractivity contribution in [1.82, 2.24) is 15.1 Å². The highest BCUT2D eigenvalue weighted by atomic mass is 16.2. The standard InChI is InChI=1S/C13H25N3O/c1-4-14-11-6-9-16(12(11)17)10-13(15(2)3)7-5-8-13/h11,14H,4-10H2,1-3H3. The van der Waals surface area contributed by atoms with Crippen LogP contribution < -0.4 is 5.32 Å². The maximum Gasteiger partial charge on any atom is 0.239 e. The minimum absolute atomic E-state index is 0.0688. The van der Waals surface area contributed by atoms with Crippen LogP contribution in [0.15, 0.2) is 0 Å². The number of nitrogens with one attached hydrogen (secondary N) is 1. The maximum absolute atomic E-state index is 12.2. The molecule has 2 rings (SSSR count). The van der Waals surface area contributed by atoms with E-state index in [2.05, 4.69) is 36.1 Å². The number of carbonyl (C=O) groups excluding carboxylic acids is 1. The van der Waals surface area contributed by atoms with E-state index in [1.54, 1.807) is 0 Å². The molecule has 1 heterocycles. The highest BCUT2D eigenvalue weighted by Gasteiger charge is 2.43. The molecular formula is C13H25N3O. The van der Waals surface area contributed by atoms with Crippen LogP contribution in [0.3, 0.4) is 0 Å². The Balaban J connectivity index is 1.94. The minimum Gasteiger partial charge on any atom is -0.339 e. The molecule has 1 atom stereocenters. The lowest BCUT2D eigenvalue weighted by Gasteiger charge is -2.49. The number of rotatable bonds is 5. The molecule has 1 unspecified atom stereocenters. The predicted molar refractivity (Wildman–Crippen MR) is 68.9 cm³/mol. The van der Waals surface area contributed by atoms with Gasteiger partial charge in [0.2, 0.25) is 5.91 Å². The summed E-state index contributed by atoms with van der Waals surface area (Å²) in [6.45, 7) is 4.78. The summed E-state index contributed by atoms with van der Waals surface area (Å²) in [5.41, 5.74) is 0.261. The first-order valence-corrected chi connectivity index (χ1v) is 6.79. The Labute approximate surface area is 104 Å². The second-order valence-corrected chi connectivity index (χ2v) is 5.63. The van der Waals surface area contributed by atoms with Gasteiger partial charge >= 0.3 is 0 Å². The maximum atomic E-state index is 12.2. The molecule has 98 valence electrons. The molecule has 1 saturated heterocycles. The lowest BCUT2D eigenvalue weighted by Crippen LogP contribution is -2.58. The van der Waals surface area contributed by atoms with Crippen molar-refractivity contribution < 1.29 is 4.79 Å². The molecule has 2 aliphatic rings. The van der Waals surface area contributed by atoms with E-state index in [0.29, 0.717) is 5.91 Å². The van der Waals surface area contributed by atoms with Gasteiger partial charge in [-0.1, -0.05) is 6.92 Å². The topological polar surface area (TPSA) is 35.6 Å². The van der Waals surface area contributed by atoms with Crippen LogP contribution in [0.25, 0.3) is 0 Å². The van der Waals surface area contributed by atoms with E-state index in [1.807, 2.05) is 0 Å². The Bertz CT molecular complexity index is 286. The van der Waals surface area contributed by atoms with Crippen molar-refractivity contribution in [2.45, 2.75) is 44.2 Å². The number of likely N-dealkylation sites (N-methyl/N-ethyl adjacent to an activating group) is 2. The van der Waals surface area contributed by atoms with Crippen molar-refractivity contribution in [3.63, 3.8) is 0 Å². The summed E-state index contributed by atoms with van der Waals surface area (Å²) < 4.78 is 0. The largest absolute Gasteiger partial charge is 0.339 e. The summed E-state index contributed by atoms with van der Waals surface area (Å²) in [6, 6.07) is 0.0688. The fourth-order valence-corrected chi connectivity index (χ4v) is 3.02. The van der Waals surface area contributed by atoms with E-state index in [9.17, 15) is 4.79 Å². The van der Waals surface area contributed by atoms with Crippen LogP contribution in [0.4, 0.5) is 0 Å². The highest BCUT2D eigenvalue weighted by Crippen LogP contribution is 2.37. The molecule has 0 aromatic heterocycles. The van der Waals surface area contributed by atoms with E-state index < -0.39 is 0 Å². The zero-order chi connectivity index (χ0) is 12.5. The number of likely N-dealkylation sites (tertiary alicyclic amines) is 1. The Morgan fingerprint density at radius 2 is 2.18 bits per heavy atom. The number of amides is 1. The van der Waals surface area contributed by atoms with Crippen LogP contribution >= 0.6 is 0 Å². The van der Waals surface area contributed by atoms with Crippen molar-refractivity contribution in [3.05, 3.63) is 0 Å². The summed E-state index contributed by atoms with van der Waals surface area (Å²) in [5.74, 6) is 0.306. The Morgan fingerprint density at radius 3 is 2.65 bits per heavy atom. The Hall–Kier alpha value is -0.610. The molecule has 0 aromatic rings. The van der Waals surface area contributed by atoms with Gasteiger partial charge in [-0.25, -0.2) is 0 Å². The van der Waals surface area contributed by atoms with Crippen LogP contribution in [0.5, 0.6) is 0 Å². The fraction of sp³-hybridized carbons (Fsp3) is 0.923. The van der Waals surface area contributed by atoms with Crippen LogP contribution in [0, 0.1) is 0 Å². The fourth-order valence-electron chi connectivity index (χ4n) is 3.02. The monoisotopic (exact) mass is 239 g/mol. The van der Waals surface area contributed by atoms with Gasteiger partial charge in [-0.05, 0) is 46.3 Å². The second-order valence-electron chi connectivity index (χ2n) is 5.63. The van der Waals surface area contributed by atoms with Gasteiger partial charge in [-0.15, -0.1) is 0 Å². The Kier molecular flexibility index (Phi) is 3.73. The SMILES string of the molecule is CCNC1CCN(CC2(N(C)C)CCC2)C1=O. The number of nitrogens with zero attached hydrogens (tertiary/aromatic N) is 2. The minimum atomic E-state index is 0.0688. The number of hydrogen-bond acceptors (Lipinski definition) is 3. The van der Waals surface area contributed by atoms with Crippen molar-refractivity contribution >= 4 is 5.91 Å². The molecule has 1 N–H and O–H groups in total. The van der Waals surface area contributed by atoms with Gasteiger partial charge in [-0.2, -0.15) is 0 Å². The molecule has 0 bridgehead atoms. The van der Waals surface area contributed by atoms with Crippen molar-refractivity contribution in [1.29, 1.82) is 0 Å². The second kappa shape index (κ2) is 4.94. The molecule has 17 heavy (non-hydrogen) atoms. The molecule has 1 aliphatic heterocycles. The first-order valence-electron chi connectivity index (χ1n) is 6.79. The molecule has 4 nitrogen and oxygen atoms in total. The first-order chi connectivity index (χ1) is 8.09. The summed E-state index contributed by atoms with van der Waals surface area (Å²) in [7, 11) is 4.28. The van der Waals surface area contributed by atoms with E-state index in [0.717, 1.165) is 26.1 Å². The van der Waals surface area contributed by atoms with Gasteiger partial charge in [-0.3, -0.25) is 4.79 Å². The molecule has 1 aliphatic carbocycles. The molecule has 0 spiro atoms. The van der Waals surface area contributed by atoms with Crippen molar-refractivity contribution in [2.75, 3.05) is 33.7 Å². The summed E-state index contributed by atoms with van der Waals surface area (Å²) in [4.78, 5) is 16.6. The van der Waals surface area contributed by atoms with Crippen molar-refractivity contribution in [3.8, 4) is 0 Å². The van der Waals surface area contributed by atoms with Gasteiger partial charge < -0.3 is 15.1 Å². The number of carbonyl (C=O) groups is 1. The van der Waals surface area contributed by atoms with E-state index in [1.165, 1.54) is 19.3 Å². The third-order valence-electron chi connectivity index (χ3n) is 4.47. The average Bonchev–Trinajstić information content (AvgIpc) is 2.55. The lowest BCUT2D eigenvalue weighted by molar-refractivity contribution is -0.132. The molecular weight excluding hydrogens is 214 g/mol. The van der Waals surface area contributed by atoms with Gasteiger partial charge in [0.1, 0.15) is 0 Å². The van der Waals surface area contributed by atoms with Crippen LogP contribution in [-0.4, -0.2) is 61.0 Å². The third-order valence-corrected chi connectivity index (χ3v) is 4.47. The third kappa shape index (κ3) is 2.33. The van der Waals surface area contributed by atoms with E-state index in [4.69, 9.17) is 0 Å². The molecule has 1 saturated carbocycles. The van der Waals surface area contributed by atoms with Gasteiger partial charge in [0.15, 0.2) is 0 Å². The van der Waals surface area contributed by atoms with Crippen molar-refractivity contribution in [2.24, 2.45) is 0 Å². The first kappa shape index (κ1) is 12.8. The molecule has 1 amide bonds. The molecule has 2 fully saturated rings. The van der Waals surface area contributed by atoms with Crippen LogP contribution in [0.1, 0.15) is 32.6 Å². The smallest absolute Gasteiger partial charge is 0.239 e. The zero-order valence-electron chi connectivity index (χ0n) is 11.3. The van der Waals surface area contributed by atoms with Gasteiger partial charge in [0, 0.05) is 18.6 Å². The number of hydrogen-bond donors (Lipinski definition) is 1. The quantitative estimate of drug-likeness (QED) is 0.766. The van der Waals surface area contributed by atoms with Gasteiger partial charge in [0.05, 0.1) is 6.04 Å². The van der Waals surface area contributed by atoms with Gasteiger partial charge in [0.25, 0.3) is 0 Å². The summed E-state index contributed by atoms with van der Waals surface area (Å²) >= 11 is 0. The zero-order valence-corrected chi connectivity index (χ0v) is 11.3. The summed E-state index contributed by atoms with van der Waals surface area (Å²) in [5, 5.41) is 3.27. The van der Waals surface area contributed by atoms with E-state index >= 15 is 0 Å². The normalized spacial score (nSPS) is 27.6. The molecule has 0 aromatic carbocycles. The van der Waals surface area contributed by atoms with Crippen LogP contribution in [0.2, 0.25) is 0 Å². The predicted octanol–water partition coefficient (Wildman–Crippen LogP) is 0.681. The highest BCUT2D eigenvalue weighted by molar-refractivity contribution is 5.84. The van der Waals surface area contributed by atoms with E-state index in [-0.39, 0.29) is 11.6 Å².